The fourth-order valence-electron chi connectivity index (χ4n) is 3.33. The molecular weight excluding hydrogens is 336 g/mol. The molecule has 0 aliphatic carbocycles. The van der Waals surface area contributed by atoms with Crippen molar-refractivity contribution >= 4 is 27.3 Å². The Hall–Kier alpha value is -2.34. The van der Waals surface area contributed by atoms with E-state index in [0.717, 1.165) is 29.5 Å². The zero-order chi connectivity index (χ0) is 18.2. The van der Waals surface area contributed by atoms with Crippen LogP contribution in [0.25, 0.3) is 0 Å². The quantitative estimate of drug-likeness (QED) is 0.844. The van der Waals surface area contributed by atoms with Gasteiger partial charge in [-0.25, -0.2) is 8.42 Å². The molecule has 0 aromatic heterocycles. The highest BCUT2D eigenvalue weighted by molar-refractivity contribution is 7.92. The van der Waals surface area contributed by atoms with Crippen molar-refractivity contribution in [1.29, 1.82) is 0 Å². The average molecular weight is 358 g/mol. The average Bonchev–Trinajstić information content (AvgIpc) is 2.87. The van der Waals surface area contributed by atoms with Gasteiger partial charge in [0.25, 0.3) is 0 Å². The maximum Gasteiger partial charge on any atom is 0.248 e. The summed E-state index contributed by atoms with van der Waals surface area (Å²) in [6.07, 6.45) is 1.91. The fraction of sp³-hybridized carbons (Fsp3) is 0.316. The van der Waals surface area contributed by atoms with Crippen molar-refractivity contribution in [2.45, 2.75) is 26.3 Å². The van der Waals surface area contributed by atoms with Gasteiger partial charge in [0.2, 0.25) is 15.9 Å². The van der Waals surface area contributed by atoms with Crippen LogP contribution in [0.5, 0.6) is 0 Å². The number of hydrogen-bond donors (Lipinski definition) is 0. The van der Waals surface area contributed by atoms with Crippen molar-refractivity contribution in [2.24, 2.45) is 0 Å². The molecule has 2 aromatic carbocycles. The molecule has 0 radical (unpaired) electrons. The zero-order valence-corrected chi connectivity index (χ0v) is 15.5. The normalized spacial score (nSPS) is 16.6. The Morgan fingerprint density at radius 1 is 1.20 bits per heavy atom. The van der Waals surface area contributed by atoms with E-state index in [1.165, 1.54) is 4.31 Å². The molecule has 132 valence electrons. The first kappa shape index (κ1) is 17.5. The van der Waals surface area contributed by atoms with Crippen molar-refractivity contribution in [2.75, 3.05) is 22.0 Å². The first-order valence-electron chi connectivity index (χ1n) is 8.21. The Bertz CT molecular complexity index is 908. The Morgan fingerprint density at radius 3 is 2.60 bits per heavy atom. The van der Waals surface area contributed by atoms with Crippen LogP contribution < -0.4 is 9.21 Å². The first-order chi connectivity index (χ1) is 11.8. The van der Waals surface area contributed by atoms with Crippen LogP contribution in [0.1, 0.15) is 18.1 Å². The van der Waals surface area contributed by atoms with E-state index < -0.39 is 10.0 Å². The smallest absolute Gasteiger partial charge is 0.248 e. The lowest BCUT2D eigenvalue weighted by molar-refractivity contribution is -0.117. The third-order valence-corrected chi connectivity index (χ3v) is 5.59. The number of carbonyl (C=O) groups excluding carboxylic acids is 1. The molecule has 1 atom stereocenters. The lowest BCUT2D eigenvalue weighted by Crippen LogP contribution is -2.45. The third-order valence-electron chi connectivity index (χ3n) is 4.44. The van der Waals surface area contributed by atoms with E-state index in [4.69, 9.17) is 0 Å². The molecular formula is C19H22N2O3S. The summed E-state index contributed by atoms with van der Waals surface area (Å²) in [5.41, 5.74) is 3.44. The second kappa shape index (κ2) is 6.52. The summed E-state index contributed by atoms with van der Waals surface area (Å²) in [7, 11) is -3.57. The van der Waals surface area contributed by atoms with Gasteiger partial charge in [0, 0.05) is 11.7 Å². The molecule has 0 N–H and O–H groups in total. The number of aryl methyl sites for hydroxylation is 1. The molecule has 1 amide bonds. The minimum absolute atomic E-state index is 0.0174. The van der Waals surface area contributed by atoms with Crippen LogP contribution in [-0.4, -0.2) is 33.2 Å². The van der Waals surface area contributed by atoms with Crippen LogP contribution in [0.2, 0.25) is 0 Å². The molecule has 1 heterocycles. The van der Waals surface area contributed by atoms with Gasteiger partial charge in [-0.2, -0.15) is 0 Å². The van der Waals surface area contributed by atoms with E-state index in [0.29, 0.717) is 5.69 Å². The van der Waals surface area contributed by atoms with Crippen molar-refractivity contribution in [3.63, 3.8) is 0 Å². The van der Waals surface area contributed by atoms with Gasteiger partial charge in [0.15, 0.2) is 0 Å². The predicted molar refractivity (Wildman–Crippen MR) is 100 cm³/mol. The van der Waals surface area contributed by atoms with Gasteiger partial charge in [-0.05, 0) is 49.6 Å². The van der Waals surface area contributed by atoms with Crippen molar-refractivity contribution < 1.29 is 13.2 Å². The maximum absolute atomic E-state index is 13.0. The predicted octanol–water partition coefficient (Wildman–Crippen LogP) is 2.74. The van der Waals surface area contributed by atoms with Crippen molar-refractivity contribution in [3.8, 4) is 0 Å². The molecule has 0 saturated heterocycles. The number of sulfonamides is 1. The van der Waals surface area contributed by atoms with E-state index in [1.807, 2.05) is 44.2 Å². The van der Waals surface area contributed by atoms with Crippen molar-refractivity contribution in [1.82, 2.24) is 0 Å². The summed E-state index contributed by atoms with van der Waals surface area (Å²) >= 11 is 0. The maximum atomic E-state index is 13.0. The van der Waals surface area contributed by atoms with E-state index in [-0.39, 0.29) is 18.5 Å². The summed E-state index contributed by atoms with van der Waals surface area (Å²) in [6, 6.07) is 15.0. The summed E-state index contributed by atoms with van der Waals surface area (Å²) < 4.78 is 25.7. The summed E-state index contributed by atoms with van der Waals surface area (Å²) in [5, 5.41) is 0. The SMILES string of the molecule is Cc1cccc(N(CC(=O)N2c3ccccc3C[C@H]2C)S(C)(=O)=O)c1. The van der Waals surface area contributed by atoms with Gasteiger partial charge < -0.3 is 4.90 Å². The second-order valence-electron chi connectivity index (χ2n) is 6.55. The lowest BCUT2D eigenvalue weighted by Gasteiger charge is -2.28. The topological polar surface area (TPSA) is 57.7 Å². The Kier molecular flexibility index (Phi) is 4.56. The van der Waals surface area contributed by atoms with E-state index in [1.54, 1.807) is 23.1 Å². The van der Waals surface area contributed by atoms with Gasteiger partial charge in [0.1, 0.15) is 6.54 Å². The molecule has 0 spiro atoms. The largest absolute Gasteiger partial charge is 0.307 e. The van der Waals surface area contributed by atoms with Crippen LogP contribution in [0.15, 0.2) is 48.5 Å². The lowest BCUT2D eigenvalue weighted by atomic mass is 10.1. The minimum atomic E-state index is -3.57. The first-order valence-corrected chi connectivity index (χ1v) is 10.1. The highest BCUT2D eigenvalue weighted by Gasteiger charge is 2.33. The molecule has 0 saturated carbocycles. The van der Waals surface area contributed by atoms with E-state index in [9.17, 15) is 13.2 Å². The standard InChI is InChI=1S/C19H22N2O3S/c1-14-7-6-9-17(11-14)20(25(3,23)24)13-19(22)21-15(2)12-16-8-4-5-10-18(16)21/h4-11,15H,12-13H2,1-3H3/t15-/m1/s1. The van der Waals surface area contributed by atoms with Crippen LogP contribution >= 0.6 is 0 Å². The van der Waals surface area contributed by atoms with Gasteiger partial charge in [-0.1, -0.05) is 30.3 Å². The van der Waals surface area contributed by atoms with E-state index >= 15 is 0 Å². The van der Waals surface area contributed by atoms with Crippen LogP contribution in [0.4, 0.5) is 11.4 Å². The molecule has 5 nitrogen and oxygen atoms in total. The van der Waals surface area contributed by atoms with Crippen LogP contribution in [-0.2, 0) is 21.2 Å². The van der Waals surface area contributed by atoms with Gasteiger partial charge in [-0.15, -0.1) is 0 Å². The summed E-state index contributed by atoms with van der Waals surface area (Å²) in [5.74, 6) is -0.218. The molecule has 0 unspecified atom stereocenters. The van der Waals surface area contributed by atoms with Gasteiger partial charge in [0.05, 0.1) is 11.9 Å². The number of anilines is 2. The molecule has 0 bridgehead atoms. The molecule has 25 heavy (non-hydrogen) atoms. The number of amides is 1. The zero-order valence-electron chi connectivity index (χ0n) is 14.6. The fourth-order valence-corrected chi connectivity index (χ4v) is 4.17. The molecule has 2 aromatic rings. The Morgan fingerprint density at radius 2 is 1.92 bits per heavy atom. The number of carbonyl (C=O) groups is 1. The highest BCUT2D eigenvalue weighted by atomic mass is 32.2. The molecule has 1 aliphatic rings. The monoisotopic (exact) mass is 358 g/mol. The van der Waals surface area contributed by atoms with Crippen molar-refractivity contribution in [3.05, 3.63) is 59.7 Å². The van der Waals surface area contributed by atoms with Gasteiger partial charge in [-0.3, -0.25) is 9.10 Å². The third kappa shape index (κ3) is 3.54. The number of hydrogen-bond acceptors (Lipinski definition) is 3. The number of fused-ring (bicyclic) bond motifs is 1. The summed E-state index contributed by atoms with van der Waals surface area (Å²) in [6.45, 7) is 3.67. The molecule has 3 rings (SSSR count). The number of benzene rings is 2. The van der Waals surface area contributed by atoms with Gasteiger partial charge >= 0.3 is 0 Å². The minimum Gasteiger partial charge on any atom is -0.307 e. The van der Waals surface area contributed by atoms with E-state index in [2.05, 4.69) is 0 Å². The summed E-state index contributed by atoms with van der Waals surface area (Å²) in [4.78, 5) is 14.7. The Balaban J connectivity index is 1.92. The van der Waals surface area contributed by atoms with Crippen LogP contribution in [0.3, 0.4) is 0 Å². The molecule has 1 aliphatic heterocycles. The van der Waals surface area contributed by atoms with Crippen LogP contribution in [0, 0.1) is 6.92 Å². The molecule has 0 fully saturated rings. The Labute approximate surface area is 148 Å². The number of nitrogens with zero attached hydrogens (tertiary/aromatic N) is 2. The highest BCUT2D eigenvalue weighted by Crippen LogP contribution is 2.32. The second-order valence-corrected chi connectivity index (χ2v) is 8.46. The number of rotatable bonds is 4. The number of para-hydroxylation sites is 1. The molecule has 6 heteroatoms.